The van der Waals surface area contributed by atoms with Gasteiger partial charge in [0.05, 0.1) is 0 Å². The highest BCUT2D eigenvalue weighted by molar-refractivity contribution is 9.10. The van der Waals surface area contributed by atoms with E-state index >= 15 is 0 Å². The SMILES string of the molecule is NC(=O)[C@H](Cc1ccccc1Br)NC(=O)c1cccc2ccccc12. The number of rotatable bonds is 5. The van der Waals surface area contributed by atoms with Crippen LogP contribution in [0, 0.1) is 0 Å². The summed E-state index contributed by atoms with van der Waals surface area (Å²) >= 11 is 3.45. The van der Waals surface area contributed by atoms with Gasteiger partial charge in [0.15, 0.2) is 0 Å². The molecule has 0 saturated heterocycles. The Morgan fingerprint density at radius 1 is 0.960 bits per heavy atom. The predicted molar refractivity (Wildman–Crippen MR) is 102 cm³/mol. The van der Waals surface area contributed by atoms with Gasteiger partial charge in [-0.15, -0.1) is 0 Å². The van der Waals surface area contributed by atoms with Crippen molar-refractivity contribution in [3.63, 3.8) is 0 Å². The molecule has 1 atom stereocenters. The topological polar surface area (TPSA) is 72.2 Å². The summed E-state index contributed by atoms with van der Waals surface area (Å²) in [4.78, 5) is 24.6. The number of carbonyl (C=O) groups is 2. The highest BCUT2D eigenvalue weighted by Gasteiger charge is 2.21. The lowest BCUT2D eigenvalue weighted by atomic mass is 10.0. The molecule has 4 nitrogen and oxygen atoms in total. The van der Waals surface area contributed by atoms with Gasteiger partial charge in [0, 0.05) is 16.5 Å². The fourth-order valence-corrected chi connectivity index (χ4v) is 3.21. The third kappa shape index (κ3) is 3.88. The van der Waals surface area contributed by atoms with Crippen LogP contribution in [0.25, 0.3) is 10.8 Å². The third-order valence-electron chi connectivity index (χ3n) is 4.06. The molecule has 126 valence electrons. The fourth-order valence-electron chi connectivity index (χ4n) is 2.77. The Hall–Kier alpha value is -2.66. The second-order valence-electron chi connectivity index (χ2n) is 5.75. The van der Waals surface area contributed by atoms with Gasteiger partial charge in [-0.25, -0.2) is 0 Å². The lowest BCUT2D eigenvalue weighted by Gasteiger charge is -2.17. The van der Waals surface area contributed by atoms with Gasteiger partial charge >= 0.3 is 0 Å². The first-order valence-electron chi connectivity index (χ1n) is 7.87. The zero-order chi connectivity index (χ0) is 17.8. The molecular weight excluding hydrogens is 380 g/mol. The molecule has 2 amide bonds. The summed E-state index contributed by atoms with van der Waals surface area (Å²) in [5.74, 6) is -0.878. The average molecular weight is 397 g/mol. The van der Waals surface area contributed by atoms with E-state index in [1.165, 1.54) is 0 Å². The lowest BCUT2D eigenvalue weighted by molar-refractivity contribution is -0.119. The Morgan fingerprint density at radius 2 is 1.64 bits per heavy atom. The summed E-state index contributed by atoms with van der Waals surface area (Å²) in [5.41, 5.74) is 6.94. The first kappa shape index (κ1) is 17.2. The molecule has 0 aliphatic heterocycles. The number of benzene rings is 3. The molecule has 3 N–H and O–H groups in total. The van der Waals surface area contributed by atoms with Crippen molar-refractivity contribution in [2.75, 3.05) is 0 Å². The number of hydrogen-bond acceptors (Lipinski definition) is 2. The molecule has 3 rings (SSSR count). The van der Waals surface area contributed by atoms with Crippen LogP contribution in [0.4, 0.5) is 0 Å². The zero-order valence-corrected chi connectivity index (χ0v) is 15.0. The van der Waals surface area contributed by atoms with Gasteiger partial charge in [0.2, 0.25) is 5.91 Å². The average Bonchev–Trinajstić information content (AvgIpc) is 2.62. The van der Waals surface area contributed by atoms with Gasteiger partial charge in [-0.3, -0.25) is 9.59 Å². The van der Waals surface area contributed by atoms with Crippen molar-refractivity contribution in [3.05, 3.63) is 82.3 Å². The fraction of sp³-hybridized carbons (Fsp3) is 0.100. The number of nitrogens with one attached hydrogen (secondary N) is 1. The summed E-state index contributed by atoms with van der Waals surface area (Å²) in [5, 5.41) is 4.57. The maximum atomic E-state index is 12.7. The Balaban J connectivity index is 1.86. The highest BCUT2D eigenvalue weighted by atomic mass is 79.9. The van der Waals surface area contributed by atoms with E-state index in [4.69, 9.17) is 5.73 Å². The molecule has 0 unspecified atom stereocenters. The van der Waals surface area contributed by atoms with E-state index in [2.05, 4.69) is 21.2 Å². The summed E-state index contributed by atoms with van der Waals surface area (Å²) < 4.78 is 0.876. The smallest absolute Gasteiger partial charge is 0.252 e. The highest BCUT2D eigenvalue weighted by Crippen LogP contribution is 2.20. The molecule has 3 aromatic rings. The van der Waals surface area contributed by atoms with Crippen LogP contribution in [0.2, 0.25) is 0 Å². The largest absolute Gasteiger partial charge is 0.368 e. The van der Waals surface area contributed by atoms with E-state index < -0.39 is 11.9 Å². The molecule has 0 aliphatic rings. The van der Waals surface area contributed by atoms with Gasteiger partial charge in [-0.1, -0.05) is 70.5 Å². The molecule has 0 fully saturated rings. The third-order valence-corrected chi connectivity index (χ3v) is 4.84. The Kier molecular flexibility index (Phi) is 5.14. The van der Waals surface area contributed by atoms with E-state index in [1.54, 1.807) is 6.07 Å². The maximum Gasteiger partial charge on any atom is 0.252 e. The van der Waals surface area contributed by atoms with Gasteiger partial charge in [-0.05, 0) is 28.5 Å². The minimum atomic E-state index is -0.787. The first-order valence-corrected chi connectivity index (χ1v) is 8.67. The van der Waals surface area contributed by atoms with E-state index in [9.17, 15) is 9.59 Å². The Bertz CT molecular complexity index is 934. The summed E-state index contributed by atoms with van der Waals surface area (Å²) in [6.45, 7) is 0. The zero-order valence-electron chi connectivity index (χ0n) is 13.4. The van der Waals surface area contributed by atoms with Crippen LogP contribution < -0.4 is 11.1 Å². The molecule has 0 aromatic heterocycles. The van der Waals surface area contributed by atoms with Gasteiger partial charge in [0.1, 0.15) is 6.04 Å². The van der Waals surface area contributed by atoms with E-state index in [0.29, 0.717) is 12.0 Å². The van der Waals surface area contributed by atoms with E-state index in [1.807, 2.05) is 60.7 Å². The van der Waals surface area contributed by atoms with Crippen LogP contribution >= 0.6 is 15.9 Å². The van der Waals surface area contributed by atoms with Crippen molar-refractivity contribution < 1.29 is 9.59 Å². The minimum absolute atomic E-state index is 0.312. The number of primary amides is 1. The molecule has 0 spiro atoms. The van der Waals surface area contributed by atoms with E-state index in [-0.39, 0.29) is 5.91 Å². The maximum absolute atomic E-state index is 12.7. The summed E-state index contributed by atoms with van der Waals surface area (Å²) in [6, 6.07) is 19.9. The molecule has 0 aliphatic carbocycles. The monoisotopic (exact) mass is 396 g/mol. The molecule has 5 heteroatoms. The molecule has 0 bridgehead atoms. The number of fused-ring (bicyclic) bond motifs is 1. The van der Waals surface area contributed by atoms with Crippen molar-refractivity contribution in [1.82, 2.24) is 5.32 Å². The second-order valence-corrected chi connectivity index (χ2v) is 6.60. The number of carbonyl (C=O) groups excluding carboxylic acids is 2. The molecule has 25 heavy (non-hydrogen) atoms. The second kappa shape index (κ2) is 7.49. The van der Waals surface area contributed by atoms with Crippen LogP contribution in [-0.2, 0) is 11.2 Å². The van der Waals surface area contributed by atoms with Gasteiger partial charge in [-0.2, -0.15) is 0 Å². The molecule has 0 saturated carbocycles. The van der Waals surface area contributed by atoms with Crippen molar-refractivity contribution in [2.45, 2.75) is 12.5 Å². The molecule has 0 radical (unpaired) electrons. The van der Waals surface area contributed by atoms with Crippen molar-refractivity contribution in [3.8, 4) is 0 Å². The Morgan fingerprint density at radius 3 is 2.40 bits per heavy atom. The van der Waals surface area contributed by atoms with Crippen LogP contribution in [0.1, 0.15) is 15.9 Å². The van der Waals surface area contributed by atoms with Crippen molar-refractivity contribution in [2.24, 2.45) is 5.73 Å². The quantitative estimate of drug-likeness (QED) is 0.693. The lowest BCUT2D eigenvalue weighted by Crippen LogP contribution is -2.46. The Labute approximate surface area is 154 Å². The van der Waals surface area contributed by atoms with Crippen LogP contribution in [-0.4, -0.2) is 17.9 Å². The van der Waals surface area contributed by atoms with E-state index in [0.717, 1.165) is 20.8 Å². The predicted octanol–water partition coefficient (Wildman–Crippen LogP) is 3.43. The normalized spacial score (nSPS) is 11.9. The standard InChI is InChI=1S/C20H17BrN2O2/c21-17-11-4-2-7-14(17)12-18(19(22)24)23-20(25)16-10-5-8-13-6-1-3-9-15(13)16/h1-11,18H,12H2,(H2,22,24)(H,23,25)/t18-/m0/s1. The first-order chi connectivity index (χ1) is 12.1. The van der Waals surface area contributed by atoms with Crippen LogP contribution in [0.3, 0.4) is 0 Å². The van der Waals surface area contributed by atoms with Gasteiger partial charge < -0.3 is 11.1 Å². The summed E-state index contributed by atoms with van der Waals surface area (Å²) in [7, 11) is 0. The van der Waals surface area contributed by atoms with Crippen LogP contribution in [0.15, 0.2) is 71.2 Å². The summed E-state index contributed by atoms with van der Waals surface area (Å²) in [6.07, 6.45) is 0.327. The number of nitrogens with two attached hydrogens (primary N) is 1. The number of amides is 2. The molecule has 0 heterocycles. The number of hydrogen-bond donors (Lipinski definition) is 2. The van der Waals surface area contributed by atoms with Gasteiger partial charge in [0.25, 0.3) is 5.91 Å². The van der Waals surface area contributed by atoms with Crippen LogP contribution in [0.5, 0.6) is 0 Å². The molecular formula is C20H17BrN2O2. The van der Waals surface area contributed by atoms with Crippen molar-refractivity contribution >= 4 is 38.5 Å². The minimum Gasteiger partial charge on any atom is -0.368 e. The van der Waals surface area contributed by atoms with Crippen molar-refractivity contribution in [1.29, 1.82) is 0 Å². The number of halogens is 1. The molecule has 3 aromatic carbocycles.